The largest absolute Gasteiger partial charge is 0.310 e. The van der Waals surface area contributed by atoms with E-state index in [1.54, 1.807) is 11.1 Å². The fraction of sp³-hybridized carbons (Fsp3) is 0.684. The summed E-state index contributed by atoms with van der Waals surface area (Å²) in [6.45, 7) is 3.33. The maximum absolute atomic E-state index is 3.80. The Bertz CT molecular complexity index is 420. The maximum Gasteiger partial charge on any atom is 0.0351 e. The van der Waals surface area contributed by atoms with Crippen LogP contribution in [-0.2, 0) is 6.42 Å². The van der Waals surface area contributed by atoms with E-state index in [1.807, 2.05) is 0 Å². The molecule has 2 unspecified atom stereocenters. The first-order valence-electron chi connectivity index (χ1n) is 8.69. The van der Waals surface area contributed by atoms with Crippen LogP contribution in [0.25, 0.3) is 0 Å². The van der Waals surface area contributed by atoms with Gasteiger partial charge in [-0.05, 0) is 55.2 Å². The number of fused-ring (bicyclic) bond motifs is 1. The standard InChI is InChI=1S/C19H29N/c1-2-20-19-17(14-15-8-3-4-9-15)12-7-11-16-10-5-6-13-18(16)19/h5-6,10,13,15,17,19-20H,2-4,7-9,11-12,14H2,1H3. The Morgan fingerprint density at radius 1 is 1.05 bits per heavy atom. The molecule has 1 nitrogen and oxygen atoms in total. The summed E-state index contributed by atoms with van der Waals surface area (Å²) in [7, 11) is 0. The maximum atomic E-state index is 3.80. The van der Waals surface area contributed by atoms with Crippen LogP contribution in [0, 0.1) is 11.8 Å². The van der Waals surface area contributed by atoms with Crippen LogP contribution < -0.4 is 5.32 Å². The number of hydrogen-bond acceptors (Lipinski definition) is 1. The molecule has 0 aliphatic heterocycles. The predicted molar refractivity (Wildman–Crippen MR) is 85.9 cm³/mol. The van der Waals surface area contributed by atoms with Crippen LogP contribution in [0.15, 0.2) is 24.3 Å². The first kappa shape index (κ1) is 14.1. The normalized spacial score (nSPS) is 27.2. The average Bonchev–Trinajstić information content (AvgIpc) is 2.91. The van der Waals surface area contributed by atoms with Crippen molar-refractivity contribution in [1.82, 2.24) is 5.32 Å². The van der Waals surface area contributed by atoms with Crippen LogP contribution in [0.5, 0.6) is 0 Å². The van der Waals surface area contributed by atoms with Gasteiger partial charge in [0, 0.05) is 6.04 Å². The average molecular weight is 271 g/mol. The van der Waals surface area contributed by atoms with Crippen LogP contribution in [0.4, 0.5) is 0 Å². The molecule has 1 heteroatoms. The van der Waals surface area contributed by atoms with Gasteiger partial charge in [0.05, 0.1) is 0 Å². The lowest BCUT2D eigenvalue weighted by atomic mass is 9.83. The van der Waals surface area contributed by atoms with E-state index in [2.05, 4.69) is 36.5 Å². The summed E-state index contributed by atoms with van der Waals surface area (Å²) in [4.78, 5) is 0. The molecule has 1 aromatic carbocycles. The minimum absolute atomic E-state index is 0.597. The molecule has 0 aromatic heterocycles. The van der Waals surface area contributed by atoms with E-state index in [9.17, 15) is 0 Å². The zero-order valence-corrected chi connectivity index (χ0v) is 12.9. The van der Waals surface area contributed by atoms with Gasteiger partial charge in [-0.1, -0.05) is 56.9 Å². The fourth-order valence-electron chi connectivity index (χ4n) is 4.47. The minimum Gasteiger partial charge on any atom is -0.310 e. The van der Waals surface area contributed by atoms with Gasteiger partial charge < -0.3 is 5.32 Å². The molecule has 0 saturated heterocycles. The number of rotatable bonds is 4. The van der Waals surface area contributed by atoms with Crippen molar-refractivity contribution in [3.05, 3.63) is 35.4 Å². The second-order valence-electron chi connectivity index (χ2n) is 6.77. The molecule has 2 atom stereocenters. The van der Waals surface area contributed by atoms with E-state index in [-0.39, 0.29) is 0 Å². The third kappa shape index (κ3) is 3.09. The topological polar surface area (TPSA) is 12.0 Å². The van der Waals surface area contributed by atoms with Crippen LogP contribution in [0.1, 0.15) is 69.0 Å². The van der Waals surface area contributed by atoms with Gasteiger partial charge in [-0.25, -0.2) is 0 Å². The molecule has 0 bridgehead atoms. The Morgan fingerprint density at radius 2 is 1.85 bits per heavy atom. The molecule has 20 heavy (non-hydrogen) atoms. The summed E-state index contributed by atoms with van der Waals surface area (Å²) in [5.41, 5.74) is 3.18. The zero-order valence-electron chi connectivity index (χ0n) is 12.9. The molecule has 0 heterocycles. The van der Waals surface area contributed by atoms with E-state index in [0.717, 1.165) is 18.4 Å². The molecular weight excluding hydrogens is 242 g/mol. The van der Waals surface area contributed by atoms with E-state index < -0.39 is 0 Å². The molecule has 0 radical (unpaired) electrons. The highest BCUT2D eigenvalue weighted by atomic mass is 14.9. The molecule has 2 aliphatic carbocycles. The van der Waals surface area contributed by atoms with Gasteiger partial charge >= 0.3 is 0 Å². The van der Waals surface area contributed by atoms with Crippen LogP contribution in [0.2, 0.25) is 0 Å². The smallest absolute Gasteiger partial charge is 0.0351 e. The summed E-state index contributed by atoms with van der Waals surface area (Å²) < 4.78 is 0. The summed E-state index contributed by atoms with van der Waals surface area (Å²) in [5.74, 6) is 1.85. The first-order valence-corrected chi connectivity index (χ1v) is 8.69. The molecule has 110 valence electrons. The van der Waals surface area contributed by atoms with Gasteiger partial charge in [0.25, 0.3) is 0 Å². The molecular formula is C19H29N. The predicted octanol–water partition coefficient (Wildman–Crippen LogP) is 4.87. The molecule has 1 saturated carbocycles. The van der Waals surface area contributed by atoms with Crippen LogP contribution in [-0.4, -0.2) is 6.54 Å². The quantitative estimate of drug-likeness (QED) is 0.770. The molecule has 1 fully saturated rings. The second kappa shape index (κ2) is 6.76. The summed E-state index contributed by atoms with van der Waals surface area (Å²) in [6, 6.07) is 9.74. The zero-order chi connectivity index (χ0) is 13.8. The Hall–Kier alpha value is -0.820. The van der Waals surface area contributed by atoms with Gasteiger partial charge in [0.15, 0.2) is 0 Å². The molecule has 0 spiro atoms. The molecule has 3 rings (SSSR count). The SMILES string of the molecule is CCNC1c2ccccc2CCCC1CC1CCCC1. The minimum atomic E-state index is 0.597. The second-order valence-corrected chi connectivity index (χ2v) is 6.77. The van der Waals surface area contributed by atoms with E-state index >= 15 is 0 Å². The highest BCUT2D eigenvalue weighted by Gasteiger charge is 2.29. The lowest BCUT2D eigenvalue weighted by Gasteiger charge is -2.29. The highest BCUT2D eigenvalue weighted by Crippen LogP contribution is 2.40. The van der Waals surface area contributed by atoms with Crippen molar-refractivity contribution in [3.63, 3.8) is 0 Å². The Kier molecular flexibility index (Phi) is 4.77. The van der Waals surface area contributed by atoms with Gasteiger partial charge in [-0.2, -0.15) is 0 Å². The van der Waals surface area contributed by atoms with E-state index in [1.165, 1.54) is 51.4 Å². The molecule has 2 aliphatic rings. The van der Waals surface area contributed by atoms with Crippen LogP contribution >= 0.6 is 0 Å². The van der Waals surface area contributed by atoms with Crippen LogP contribution in [0.3, 0.4) is 0 Å². The highest BCUT2D eigenvalue weighted by molar-refractivity contribution is 5.31. The van der Waals surface area contributed by atoms with Gasteiger partial charge in [-0.15, -0.1) is 0 Å². The number of aryl methyl sites for hydroxylation is 1. The summed E-state index contributed by atoms with van der Waals surface area (Å²) >= 11 is 0. The lowest BCUT2D eigenvalue weighted by Crippen LogP contribution is -2.29. The summed E-state index contributed by atoms with van der Waals surface area (Å²) in [6.07, 6.45) is 11.4. The number of benzene rings is 1. The first-order chi connectivity index (χ1) is 9.88. The van der Waals surface area contributed by atoms with Gasteiger partial charge in [-0.3, -0.25) is 0 Å². The third-order valence-corrected chi connectivity index (χ3v) is 5.42. The Labute approximate surface area is 124 Å². The van der Waals surface area contributed by atoms with Gasteiger partial charge in [0.2, 0.25) is 0 Å². The molecule has 1 N–H and O–H groups in total. The van der Waals surface area contributed by atoms with Crippen molar-refractivity contribution in [2.24, 2.45) is 11.8 Å². The van der Waals surface area contributed by atoms with Crippen molar-refractivity contribution in [1.29, 1.82) is 0 Å². The number of nitrogens with one attached hydrogen (secondary N) is 1. The van der Waals surface area contributed by atoms with Crippen molar-refractivity contribution >= 4 is 0 Å². The van der Waals surface area contributed by atoms with E-state index in [0.29, 0.717) is 6.04 Å². The van der Waals surface area contributed by atoms with E-state index in [4.69, 9.17) is 0 Å². The number of hydrogen-bond donors (Lipinski definition) is 1. The Balaban J connectivity index is 1.81. The molecule has 0 amide bonds. The Morgan fingerprint density at radius 3 is 2.65 bits per heavy atom. The van der Waals surface area contributed by atoms with Crippen molar-refractivity contribution in [2.75, 3.05) is 6.54 Å². The third-order valence-electron chi connectivity index (χ3n) is 5.42. The van der Waals surface area contributed by atoms with Crippen molar-refractivity contribution in [3.8, 4) is 0 Å². The van der Waals surface area contributed by atoms with Gasteiger partial charge in [0.1, 0.15) is 0 Å². The van der Waals surface area contributed by atoms with Crippen molar-refractivity contribution in [2.45, 2.75) is 64.3 Å². The van der Waals surface area contributed by atoms with Crippen molar-refractivity contribution < 1.29 is 0 Å². The lowest BCUT2D eigenvalue weighted by molar-refractivity contribution is 0.279. The molecule has 1 aromatic rings. The fourth-order valence-corrected chi connectivity index (χ4v) is 4.47. The monoisotopic (exact) mass is 271 g/mol. The summed E-state index contributed by atoms with van der Waals surface area (Å²) in [5, 5.41) is 3.80.